The molecule has 258 valence electrons. The molecule has 0 aliphatic rings. The molecule has 0 aromatic carbocycles. The number of hydrogen-bond donors (Lipinski definition) is 7. The lowest BCUT2D eigenvalue weighted by atomic mass is 10.0. The average molecular weight is 631 g/mol. The molecule has 0 aromatic heterocycles. The van der Waals surface area contributed by atoms with Gasteiger partial charge in [0.1, 0.15) is 6.04 Å². The smallest absolute Gasteiger partial charge is 0.326 e. The van der Waals surface area contributed by atoms with Crippen LogP contribution >= 0.6 is 0 Å². The van der Waals surface area contributed by atoms with E-state index in [1.54, 1.807) is 0 Å². The van der Waals surface area contributed by atoms with Gasteiger partial charge in [-0.3, -0.25) is 9.59 Å². The second-order valence-electron chi connectivity index (χ2n) is 11.4. The Kier molecular flexibility index (Phi) is 28.8. The molecule has 0 saturated carbocycles. The van der Waals surface area contributed by atoms with E-state index in [9.17, 15) is 29.5 Å². The van der Waals surface area contributed by atoms with Crippen LogP contribution in [0.4, 0.5) is 4.79 Å². The fourth-order valence-electron chi connectivity index (χ4n) is 4.75. The molecule has 8 N–H and O–H groups in total. The molecule has 0 saturated heterocycles. The third kappa shape index (κ3) is 28.3. The van der Waals surface area contributed by atoms with E-state index in [1.165, 1.54) is 82.5 Å². The predicted octanol–water partition coefficient (Wildman–Crippen LogP) is 4.52. The Morgan fingerprint density at radius 1 is 0.659 bits per heavy atom. The van der Waals surface area contributed by atoms with Gasteiger partial charge in [0, 0.05) is 26.0 Å². The average Bonchev–Trinajstić information content (AvgIpc) is 2.99. The first kappa shape index (κ1) is 41.5. The molecule has 0 bridgehead atoms. The highest BCUT2D eigenvalue weighted by molar-refractivity contribution is 5.82. The maximum atomic E-state index is 12.0. The number of urea groups is 1. The SMILES string of the molecule is NCCCCCCCCCCCCCCCCCOCCC(=O)NCCCC[C@H](NC(=O)N[C@@H](CCC(=O)O)N[O-])C(=O)O. The summed E-state index contributed by atoms with van der Waals surface area (Å²) >= 11 is 0. The molecule has 2 atom stereocenters. The van der Waals surface area contributed by atoms with Crippen molar-refractivity contribution in [1.29, 1.82) is 0 Å². The molecule has 0 rings (SSSR count). The maximum absolute atomic E-state index is 12.0. The summed E-state index contributed by atoms with van der Waals surface area (Å²) in [6.07, 6.45) is 18.9. The monoisotopic (exact) mass is 630 g/mol. The topological polar surface area (TPSA) is 215 Å². The number of ether oxygens (including phenoxy) is 1. The van der Waals surface area contributed by atoms with Crippen LogP contribution in [0.15, 0.2) is 0 Å². The number of nitrogens with two attached hydrogens (primary N) is 1. The molecule has 0 spiro atoms. The van der Waals surface area contributed by atoms with E-state index in [1.807, 2.05) is 0 Å². The number of carboxylic acid groups (broad SMARTS) is 2. The van der Waals surface area contributed by atoms with Gasteiger partial charge in [-0.1, -0.05) is 83.5 Å². The molecular formula is C31H60N5O8-. The highest BCUT2D eigenvalue weighted by atomic mass is 16.5. The van der Waals surface area contributed by atoms with Gasteiger partial charge in [-0.25, -0.2) is 9.59 Å². The minimum Gasteiger partial charge on any atom is -0.786 e. The number of carbonyl (C=O) groups is 4. The minimum absolute atomic E-state index is 0.127. The molecular weight excluding hydrogens is 570 g/mol. The number of carboxylic acids is 2. The standard InChI is InChI=1S/C31H60N5O8/c32-22-15-12-10-8-6-4-2-1-3-5-7-9-11-13-17-24-44-25-21-28(37)33-23-16-14-18-26(30(40)41)34-31(42)35-27(36-43)19-20-29(38)39/h26-27,36H,1-25,32H2,(H,33,37)(H,38,39)(H,40,41)(H2,34,35,42)/q-1/t26-,27+/m0/s1. The zero-order valence-electron chi connectivity index (χ0n) is 26.8. The quantitative estimate of drug-likeness (QED) is 0.0313. The van der Waals surface area contributed by atoms with Crippen molar-refractivity contribution in [1.82, 2.24) is 21.4 Å². The first-order chi connectivity index (χ1) is 21.3. The van der Waals surface area contributed by atoms with Crippen molar-refractivity contribution >= 4 is 23.9 Å². The van der Waals surface area contributed by atoms with E-state index in [0.717, 1.165) is 25.8 Å². The van der Waals surface area contributed by atoms with E-state index < -0.39 is 30.2 Å². The van der Waals surface area contributed by atoms with Gasteiger partial charge < -0.3 is 47.3 Å². The lowest BCUT2D eigenvalue weighted by molar-refractivity contribution is -0.139. The van der Waals surface area contributed by atoms with Crippen LogP contribution in [0.3, 0.4) is 0 Å². The van der Waals surface area contributed by atoms with Crippen LogP contribution in [0.2, 0.25) is 0 Å². The summed E-state index contributed by atoms with van der Waals surface area (Å²) in [5, 5.41) is 36.1. The van der Waals surface area contributed by atoms with Crippen LogP contribution in [0.5, 0.6) is 0 Å². The Labute approximate surface area is 263 Å². The second-order valence-corrected chi connectivity index (χ2v) is 11.4. The van der Waals surface area contributed by atoms with Crippen LogP contribution in [-0.4, -0.2) is 72.6 Å². The van der Waals surface area contributed by atoms with Crippen molar-refractivity contribution in [3.8, 4) is 0 Å². The number of hydroxylamine groups is 1. The normalized spacial score (nSPS) is 12.4. The third-order valence-electron chi connectivity index (χ3n) is 7.41. The molecule has 0 radical (unpaired) electrons. The first-order valence-corrected chi connectivity index (χ1v) is 16.7. The van der Waals surface area contributed by atoms with Gasteiger partial charge in [0.2, 0.25) is 5.91 Å². The summed E-state index contributed by atoms with van der Waals surface area (Å²) in [6, 6.07) is -2.07. The highest BCUT2D eigenvalue weighted by Gasteiger charge is 2.20. The van der Waals surface area contributed by atoms with Crippen LogP contribution < -0.4 is 27.2 Å². The molecule has 3 amide bonds. The van der Waals surface area contributed by atoms with E-state index in [0.29, 0.717) is 32.6 Å². The van der Waals surface area contributed by atoms with Crippen LogP contribution in [0.25, 0.3) is 0 Å². The third-order valence-corrected chi connectivity index (χ3v) is 7.41. The van der Waals surface area contributed by atoms with Crippen LogP contribution in [0.1, 0.15) is 135 Å². The Balaban J connectivity index is 3.62. The van der Waals surface area contributed by atoms with E-state index >= 15 is 0 Å². The second kappa shape index (κ2) is 30.5. The number of carbonyl (C=O) groups excluding carboxylic acids is 2. The molecule has 0 fully saturated rings. The van der Waals surface area contributed by atoms with E-state index in [4.69, 9.17) is 15.6 Å². The zero-order chi connectivity index (χ0) is 32.7. The molecule has 0 heterocycles. The lowest BCUT2D eigenvalue weighted by Gasteiger charge is -2.24. The summed E-state index contributed by atoms with van der Waals surface area (Å²) in [6.45, 7) is 2.22. The fourth-order valence-corrected chi connectivity index (χ4v) is 4.75. The molecule has 0 aliphatic carbocycles. The van der Waals surface area contributed by atoms with Crippen molar-refractivity contribution in [3.63, 3.8) is 0 Å². The summed E-state index contributed by atoms with van der Waals surface area (Å²) in [5.74, 6) is -2.49. The molecule has 44 heavy (non-hydrogen) atoms. The maximum Gasteiger partial charge on any atom is 0.326 e. The lowest BCUT2D eigenvalue weighted by Crippen LogP contribution is -2.52. The number of aliphatic carboxylic acids is 2. The molecule has 0 aromatic rings. The first-order valence-electron chi connectivity index (χ1n) is 16.7. The number of nitrogens with one attached hydrogen (secondary N) is 4. The van der Waals surface area contributed by atoms with Gasteiger partial charge in [0.25, 0.3) is 0 Å². The van der Waals surface area contributed by atoms with Crippen molar-refractivity contribution in [2.24, 2.45) is 5.73 Å². The number of rotatable bonds is 32. The number of unbranched alkanes of at least 4 members (excludes halogenated alkanes) is 15. The minimum atomic E-state index is -1.24. The fraction of sp³-hybridized carbons (Fsp3) is 0.871. The van der Waals surface area contributed by atoms with Gasteiger partial charge in [-0.2, -0.15) is 0 Å². The zero-order valence-corrected chi connectivity index (χ0v) is 26.8. The molecule has 13 nitrogen and oxygen atoms in total. The summed E-state index contributed by atoms with van der Waals surface area (Å²) in [7, 11) is 0. The Morgan fingerprint density at radius 3 is 1.70 bits per heavy atom. The van der Waals surface area contributed by atoms with Crippen molar-refractivity contribution < 1.29 is 34.1 Å². The van der Waals surface area contributed by atoms with Gasteiger partial charge in [-0.15, -0.1) is 0 Å². The Bertz CT molecular complexity index is 744. The van der Waals surface area contributed by atoms with Gasteiger partial charge in [-0.05, 0) is 45.1 Å². The summed E-state index contributed by atoms with van der Waals surface area (Å²) < 4.78 is 5.58. The molecule has 0 unspecified atom stereocenters. The van der Waals surface area contributed by atoms with E-state index in [2.05, 4.69) is 16.0 Å². The number of amides is 3. The Morgan fingerprint density at radius 2 is 1.20 bits per heavy atom. The largest absolute Gasteiger partial charge is 0.786 e. The number of hydrogen-bond acceptors (Lipinski definition) is 8. The van der Waals surface area contributed by atoms with Gasteiger partial charge >= 0.3 is 18.0 Å². The van der Waals surface area contributed by atoms with Crippen molar-refractivity contribution in [2.45, 2.75) is 147 Å². The van der Waals surface area contributed by atoms with Crippen LogP contribution in [0, 0.1) is 5.21 Å². The summed E-state index contributed by atoms with van der Waals surface area (Å²) in [4.78, 5) is 46.0. The Hall–Kier alpha value is -2.48. The molecule has 13 heteroatoms. The van der Waals surface area contributed by atoms with Gasteiger partial charge in [0.05, 0.1) is 12.8 Å². The van der Waals surface area contributed by atoms with Gasteiger partial charge in [0.15, 0.2) is 0 Å². The highest BCUT2D eigenvalue weighted by Crippen LogP contribution is 2.13. The molecule has 0 aliphatic heterocycles. The van der Waals surface area contributed by atoms with E-state index in [-0.39, 0.29) is 31.6 Å². The van der Waals surface area contributed by atoms with Crippen LogP contribution in [-0.2, 0) is 19.1 Å². The van der Waals surface area contributed by atoms with Crippen molar-refractivity contribution in [3.05, 3.63) is 5.21 Å². The predicted molar refractivity (Wildman–Crippen MR) is 171 cm³/mol. The van der Waals surface area contributed by atoms with Crippen molar-refractivity contribution in [2.75, 3.05) is 26.3 Å². The summed E-state index contributed by atoms with van der Waals surface area (Å²) in [5.41, 5.74) is 7.04.